The topological polar surface area (TPSA) is 36.9 Å². The number of rotatable bonds is 11. The summed E-state index contributed by atoms with van der Waals surface area (Å²) >= 11 is 0. The van der Waals surface area contributed by atoms with Crippen LogP contribution in [0.3, 0.4) is 0 Å². The van der Waals surface area contributed by atoms with Crippen LogP contribution >= 0.6 is 0 Å². The molecular weight excluding hydrogens is 352 g/mol. The van der Waals surface area contributed by atoms with Crippen LogP contribution in [0.4, 0.5) is 0 Å². The van der Waals surface area contributed by atoms with E-state index in [0.29, 0.717) is 13.2 Å². The van der Waals surface area contributed by atoms with Crippen LogP contribution in [0, 0.1) is 0 Å². The van der Waals surface area contributed by atoms with E-state index in [0.717, 1.165) is 35.5 Å². The Bertz CT molecular complexity index is 647. The van der Waals surface area contributed by atoms with Gasteiger partial charge in [0.25, 0.3) is 0 Å². The first-order valence-electron chi connectivity index (χ1n) is 10.0. The van der Waals surface area contributed by atoms with Gasteiger partial charge in [0.1, 0.15) is 22.7 Å². The largest absolute Gasteiger partial charge is 0.497 e. The van der Waals surface area contributed by atoms with Crippen molar-refractivity contribution in [3.05, 3.63) is 59.7 Å². The summed E-state index contributed by atoms with van der Waals surface area (Å²) in [7, 11) is 3.35. The molecule has 0 aromatic heterocycles. The highest BCUT2D eigenvalue weighted by molar-refractivity contribution is 5.38. The van der Waals surface area contributed by atoms with Crippen LogP contribution in [-0.4, -0.2) is 27.4 Å². The number of ether oxygens (including phenoxy) is 4. The molecule has 0 aliphatic rings. The lowest BCUT2D eigenvalue weighted by atomic mass is 9.75. The second-order valence-corrected chi connectivity index (χ2v) is 7.22. The quantitative estimate of drug-likeness (QED) is 0.497. The molecular formula is C24H34O4. The molecule has 154 valence electrons. The fourth-order valence-corrected chi connectivity index (χ4v) is 3.42. The van der Waals surface area contributed by atoms with E-state index in [9.17, 15) is 0 Å². The monoisotopic (exact) mass is 386 g/mol. The first-order valence-corrected chi connectivity index (χ1v) is 10.0. The Morgan fingerprint density at radius 1 is 0.607 bits per heavy atom. The minimum Gasteiger partial charge on any atom is -0.497 e. The summed E-state index contributed by atoms with van der Waals surface area (Å²) < 4.78 is 23.7. The van der Waals surface area contributed by atoms with E-state index in [1.54, 1.807) is 14.2 Å². The average Bonchev–Trinajstić information content (AvgIpc) is 2.75. The Kier molecular flexibility index (Phi) is 7.90. The molecule has 0 bridgehead atoms. The van der Waals surface area contributed by atoms with Crippen molar-refractivity contribution in [3.8, 4) is 11.5 Å². The van der Waals surface area contributed by atoms with Crippen LogP contribution in [0.1, 0.15) is 51.7 Å². The molecule has 2 rings (SSSR count). The molecule has 0 saturated carbocycles. The Morgan fingerprint density at radius 2 is 0.929 bits per heavy atom. The Balaban J connectivity index is 2.58. The van der Waals surface area contributed by atoms with Crippen LogP contribution in [0.5, 0.6) is 11.5 Å². The molecule has 2 atom stereocenters. The molecule has 0 aliphatic heterocycles. The van der Waals surface area contributed by atoms with Crippen molar-refractivity contribution in [3.63, 3.8) is 0 Å². The van der Waals surface area contributed by atoms with E-state index < -0.39 is 11.2 Å². The van der Waals surface area contributed by atoms with E-state index in [2.05, 4.69) is 52.0 Å². The lowest BCUT2D eigenvalue weighted by molar-refractivity contribution is -0.207. The van der Waals surface area contributed by atoms with Crippen molar-refractivity contribution in [2.45, 2.75) is 51.7 Å². The van der Waals surface area contributed by atoms with E-state index >= 15 is 0 Å². The molecule has 0 spiro atoms. The molecule has 0 radical (unpaired) electrons. The van der Waals surface area contributed by atoms with Crippen LogP contribution in [0.2, 0.25) is 0 Å². The molecule has 4 nitrogen and oxygen atoms in total. The molecule has 2 unspecified atom stereocenters. The van der Waals surface area contributed by atoms with Gasteiger partial charge in [0, 0.05) is 13.2 Å². The number of hydrogen-bond acceptors (Lipinski definition) is 4. The van der Waals surface area contributed by atoms with Gasteiger partial charge in [-0.2, -0.15) is 0 Å². The number of methoxy groups -OCH3 is 2. The second kappa shape index (κ2) is 9.94. The molecule has 0 saturated heterocycles. The van der Waals surface area contributed by atoms with Crippen molar-refractivity contribution < 1.29 is 18.9 Å². The van der Waals surface area contributed by atoms with E-state index in [1.807, 2.05) is 24.3 Å². The first-order chi connectivity index (χ1) is 13.4. The van der Waals surface area contributed by atoms with Crippen molar-refractivity contribution in [2.75, 3.05) is 27.4 Å². The Hall–Kier alpha value is -2.04. The lowest BCUT2D eigenvalue weighted by Gasteiger charge is -2.47. The van der Waals surface area contributed by atoms with Gasteiger partial charge in [-0.3, -0.25) is 0 Å². The summed E-state index contributed by atoms with van der Waals surface area (Å²) in [5.41, 5.74) is 0.741. The van der Waals surface area contributed by atoms with E-state index in [1.165, 1.54) is 0 Å². The van der Waals surface area contributed by atoms with Gasteiger partial charge in [-0.15, -0.1) is 0 Å². The summed E-state index contributed by atoms with van der Waals surface area (Å²) in [6.45, 7) is 9.75. The molecule has 28 heavy (non-hydrogen) atoms. The third-order valence-electron chi connectivity index (χ3n) is 5.38. The summed E-state index contributed by atoms with van der Waals surface area (Å²) in [5.74, 6) is 1.64. The summed E-state index contributed by atoms with van der Waals surface area (Å²) in [6.07, 6.45) is 1.86. The van der Waals surface area contributed by atoms with Gasteiger partial charge in [0.15, 0.2) is 0 Å². The fraction of sp³-hybridized carbons (Fsp3) is 0.500. The Labute approximate surface area is 169 Å². The van der Waals surface area contributed by atoms with Crippen LogP contribution < -0.4 is 9.47 Å². The second-order valence-electron chi connectivity index (χ2n) is 7.22. The highest BCUT2D eigenvalue weighted by Crippen LogP contribution is 2.47. The smallest absolute Gasteiger partial charge is 0.123 e. The zero-order chi connectivity index (χ0) is 20.6. The third kappa shape index (κ3) is 4.50. The average molecular weight is 387 g/mol. The van der Waals surface area contributed by atoms with Crippen molar-refractivity contribution in [1.29, 1.82) is 0 Å². The van der Waals surface area contributed by atoms with Crippen molar-refractivity contribution in [2.24, 2.45) is 0 Å². The molecule has 0 amide bonds. The third-order valence-corrected chi connectivity index (χ3v) is 5.38. The Morgan fingerprint density at radius 3 is 1.18 bits per heavy atom. The van der Waals surface area contributed by atoms with Gasteiger partial charge in [-0.25, -0.2) is 0 Å². The lowest BCUT2D eigenvalue weighted by Crippen LogP contribution is -2.49. The summed E-state index contributed by atoms with van der Waals surface area (Å²) in [4.78, 5) is 0. The number of benzene rings is 2. The highest BCUT2D eigenvalue weighted by atomic mass is 16.6. The van der Waals surface area contributed by atoms with Crippen molar-refractivity contribution >= 4 is 0 Å². The van der Waals surface area contributed by atoms with Crippen LogP contribution in [0.25, 0.3) is 0 Å². The molecule has 0 fully saturated rings. The summed E-state index contributed by atoms with van der Waals surface area (Å²) in [5, 5.41) is 0. The molecule has 2 aromatic rings. The van der Waals surface area contributed by atoms with Gasteiger partial charge in [-0.05, 0) is 62.1 Å². The van der Waals surface area contributed by atoms with Gasteiger partial charge in [0.2, 0.25) is 0 Å². The van der Waals surface area contributed by atoms with Crippen LogP contribution in [-0.2, 0) is 20.7 Å². The number of hydrogen-bond donors (Lipinski definition) is 0. The van der Waals surface area contributed by atoms with Gasteiger partial charge in [0.05, 0.1) is 14.2 Å². The van der Waals surface area contributed by atoms with Gasteiger partial charge < -0.3 is 18.9 Å². The maximum atomic E-state index is 6.51. The zero-order valence-corrected chi connectivity index (χ0v) is 18.1. The van der Waals surface area contributed by atoms with Crippen molar-refractivity contribution in [1.82, 2.24) is 0 Å². The minimum atomic E-state index is -0.682. The molecule has 0 N–H and O–H groups in total. The first kappa shape index (κ1) is 22.3. The molecule has 2 aromatic carbocycles. The van der Waals surface area contributed by atoms with Gasteiger partial charge in [-0.1, -0.05) is 38.1 Å². The highest BCUT2D eigenvalue weighted by Gasteiger charge is 2.49. The standard InChI is InChI=1S/C24H34O4/c1-7-17-27-23(3,19-9-13-21(25-5)14-10-19)24(4,28-18-8-2)20-11-15-22(26-6)16-12-20/h9-16H,7-8,17-18H2,1-6H3. The SMILES string of the molecule is CCCOC(C)(c1ccc(OC)cc1)C(C)(OCCC)c1ccc(OC)cc1. The maximum Gasteiger partial charge on any atom is 0.123 e. The predicted octanol–water partition coefficient (Wildman–Crippen LogP) is 5.69. The predicted molar refractivity (Wildman–Crippen MR) is 113 cm³/mol. The van der Waals surface area contributed by atoms with Gasteiger partial charge >= 0.3 is 0 Å². The summed E-state index contributed by atoms with van der Waals surface area (Å²) in [6, 6.07) is 16.1. The normalized spacial score (nSPS) is 15.5. The minimum absolute atomic E-state index is 0.643. The zero-order valence-electron chi connectivity index (χ0n) is 18.1. The fourth-order valence-electron chi connectivity index (χ4n) is 3.42. The maximum absolute atomic E-state index is 6.51. The van der Waals surface area contributed by atoms with E-state index in [-0.39, 0.29) is 0 Å². The molecule has 0 aliphatic carbocycles. The van der Waals surface area contributed by atoms with E-state index in [4.69, 9.17) is 18.9 Å². The van der Waals surface area contributed by atoms with Crippen LogP contribution in [0.15, 0.2) is 48.5 Å². The molecule has 0 heterocycles. The molecule has 4 heteroatoms.